The van der Waals surface area contributed by atoms with Crippen LogP contribution < -0.4 is 5.73 Å². The van der Waals surface area contributed by atoms with Crippen LogP contribution in [0, 0.1) is 13.8 Å². The summed E-state index contributed by atoms with van der Waals surface area (Å²) in [7, 11) is 0. The van der Waals surface area contributed by atoms with Crippen LogP contribution in [0.1, 0.15) is 30.0 Å². The Morgan fingerprint density at radius 2 is 2.00 bits per heavy atom. The number of hydrogen-bond acceptors (Lipinski definition) is 2. The van der Waals surface area contributed by atoms with E-state index in [-0.39, 0.29) is 5.54 Å². The van der Waals surface area contributed by atoms with Gasteiger partial charge in [0.2, 0.25) is 0 Å². The van der Waals surface area contributed by atoms with Gasteiger partial charge in [-0.2, -0.15) is 0 Å². The standard InChI is InChI=1S/C14H22N2/c1-4-14(15)9-16(10-14)8-13-7-11(2)5-6-12(13)3/h5-7H,4,8-10,15H2,1-3H3. The van der Waals surface area contributed by atoms with Crippen LogP contribution in [0.25, 0.3) is 0 Å². The molecule has 0 aromatic heterocycles. The Kier molecular flexibility index (Phi) is 3.04. The highest BCUT2D eigenvalue weighted by molar-refractivity contribution is 5.30. The first-order valence-electron chi connectivity index (χ1n) is 6.10. The summed E-state index contributed by atoms with van der Waals surface area (Å²) in [5.74, 6) is 0. The molecule has 0 aliphatic carbocycles. The van der Waals surface area contributed by atoms with Gasteiger partial charge < -0.3 is 5.73 Å². The third-order valence-corrected chi connectivity index (χ3v) is 3.68. The topological polar surface area (TPSA) is 29.3 Å². The second-order valence-corrected chi connectivity index (χ2v) is 5.29. The van der Waals surface area contributed by atoms with E-state index in [0.717, 1.165) is 26.1 Å². The maximum absolute atomic E-state index is 6.17. The molecule has 1 saturated heterocycles. The van der Waals surface area contributed by atoms with E-state index in [1.165, 1.54) is 16.7 Å². The first kappa shape index (κ1) is 11.6. The minimum atomic E-state index is 0.0811. The molecule has 1 aliphatic rings. The Morgan fingerprint density at radius 1 is 1.31 bits per heavy atom. The third kappa shape index (κ3) is 2.28. The number of nitrogens with zero attached hydrogens (tertiary/aromatic N) is 1. The first-order valence-corrected chi connectivity index (χ1v) is 6.10. The molecule has 2 N–H and O–H groups in total. The van der Waals surface area contributed by atoms with Crippen LogP contribution in [-0.4, -0.2) is 23.5 Å². The lowest BCUT2D eigenvalue weighted by molar-refractivity contribution is 0.0605. The van der Waals surface area contributed by atoms with E-state index >= 15 is 0 Å². The molecule has 1 fully saturated rings. The number of nitrogens with two attached hydrogens (primary N) is 1. The molecular weight excluding hydrogens is 196 g/mol. The summed E-state index contributed by atoms with van der Waals surface area (Å²) >= 11 is 0. The van der Waals surface area contributed by atoms with Gasteiger partial charge in [0.05, 0.1) is 0 Å². The molecule has 2 heteroatoms. The Labute approximate surface area is 98.4 Å². The Balaban J connectivity index is 1.99. The number of rotatable bonds is 3. The molecule has 88 valence electrons. The van der Waals surface area contributed by atoms with E-state index in [1.807, 2.05) is 0 Å². The lowest BCUT2D eigenvalue weighted by atomic mass is 9.87. The maximum atomic E-state index is 6.17. The minimum Gasteiger partial charge on any atom is -0.323 e. The molecule has 0 amide bonds. The van der Waals surface area contributed by atoms with E-state index < -0.39 is 0 Å². The smallest absolute Gasteiger partial charge is 0.0410 e. The van der Waals surface area contributed by atoms with E-state index in [1.54, 1.807) is 0 Å². The van der Waals surface area contributed by atoms with E-state index in [9.17, 15) is 0 Å². The Bertz CT molecular complexity index is 378. The average Bonchev–Trinajstić information content (AvgIpc) is 2.21. The quantitative estimate of drug-likeness (QED) is 0.843. The molecule has 0 bridgehead atoms. The van der Waals surface area contributed by atoms with Crippen LogP contribution in [-0.2, 0) is 6.54 Å². The summed E-state index contributed by atoms with van der Waals surface area (Å²) in [6.45, 7) is 9.64. The fraction of sp³-hybridized carbons (Fsp3) is 0.571. The molecule has 0 spiro atoms. The van der Waals surface area contributed by atoms with Gasteiger partial charge in [-0.25, -0.2) is 0 Å². The van der Waals surface area contributed by atoms with Gasteiger partial charge in [-0.05, 0) is 31.4 Å². The van der Waals surface area contributed by atoms with Crippen LogP contribution in [0.15, 0.2) is 18.2 Å². The number of benzene rings is 1. The zero-order valence-electron chi connectivity index (χ0n) is 10.6. The molecule has 1 aromatic carbocycles. The highest BCUT2D eigenvalue weighted by Gasteiger charge is 2.37. The molecule has 1 aliphatic heterocycles. The number of likely N-dealkylation sites (tertiary alicyclic amines) is 1. The van der Waals surface area contributed by atoms with Crippen LogP contribution >= 0.6 is 0 Å². The van der Waals surface area contributed by atoms with Crippen molar-refractivity contribution >= 4 is 0 Å². The molecule has 0 saturated carbocycles. The van der Waals surface area contributed by atoms with Crippen molar-refractivity contribution in [3.05, 3.63) is 34.9 Å². The second-order valence-electron chi connectivity index (χ2n) is 5.29. The van der Waals surface area contributed by atoms with Crippen molar-refractivity contribution < 1.29 is 0 Å². The zero-order chi connectivity index (χ0) is 11.8. The second kappa shape index (κ2) is 4.19. The number of hydrogen-bond donors (Lipinski definition) is 1. The van der Waals surface area contributed by atoms with Crippen molar-refractivity contribution in [2.24, 2.45) is 5.73 Å². The summed E-state index contributed by atoms with van der Waals surface area (Å²) in [6, 6.07) is 6.67. The maximum Gasteiger partial charge on any atom is 0.0410 e. The highest BCUT2D eigenvalue weighted by Crippen LogP contribution is 2.24. The van der Waals surface area contributed by atoms with Gasteiger partial charge in [0, 0.05) is 25.2 Å². The van der Waals surface area contributed by atoms with Gasteiger partial charge in [0.25, 0.3) is 0 Å². The van der Waals surface area contributed by atoms with Gasteiger partial charge in [0.1, 0.15) is 0 Å². The SMILES string of the molecule is CCC1(N)CN(Cc2cc(C)ccc2C)C1. The molecule has 16 heavy (non-hydrogen) atoms. The van der Waals surface area contributed by atoms with E-state index in [2.05, 4.69) is 43.9 Å². The zero-order valence-corrected chi connectivity index (χ0v) is 10.6. The molecule has 0 atom stereocenters. The average molecular weight is 218 g/mol. The first-order chi connectivity index (χ1) is 7.52. The van der Waals surface area contributed by atoms with Gasteiger partial charge in [-0.3, -0.25) is 4.90 Å². The van der Waals surface area contributed by atoms with Gasteiger partial charge in [0.15, 0.2) is 0 Å². The predicted molar refractivity (Wildman–Crippen MR) is 68.4 cm³/mol. The highest BCUT2D eigenvalue weighted by atomic mass is 15.2. The fourth-order valence-electron chi connectivity index (χ4n) is 2.39. The normalized spacial score (nSPS) is 19.5. The monoisotopic (exact) mass is 218 g/mol. The van der Waals surface area contributed by atoms with Crippen LogP contribution in [0.5, 0.6) is 0 Å². The van der Waals surface area contributed by atoms with E-state index in [0.29, 0.717) is 0 Å². The summed E-state index contributed by atoms with van der Waals surface area (Å²) in [5.41, 5.74) is 10.4. The van der Waals surface area contributed by atoms with Crippen molar-refractivity contribution in [1.82, 2.24) is 4.90 Å². The Hall–Kier alpha value is -0.860. The van der Waals surface area contributed by atoms with Crippen LogP contribution in [0.4, 0.5) is 0 Å². The van der Waals surface area contributed by atoms with Crippen molar-refractivity contribution in [3.8, 4) is 0 Å². The summed E-state index contributed by atoms with van der Waals surface area (Å²) < 4.78 is 0. The van der Waals surface area contributed by atoms with Crippen molar-refractivity contribution in [2.75, 3.05) is 13.1 Å². The summed E-state index contributed by atoms with van der Waals surface area (Å²) in [4.78, 5) is 2.44. The van der Waals surface area contributed by atoms with Gasteiger partial charge in [-0.15, -0.1) is 0 Å². The van der Waals surface area contributed by atoms with Crippen LogP contribution in [0.2, 0.25) is 0 Å². The molecule has 2 nitrogen and oxygen atoms in total. The van der Waals surface area contributed by atoms with E-state index in [4.69, 9.17) is 5.73 Å². The summed E-state index contributed by atoms with van der Waals surface area (Å²) in [5, 5.41) is 0. The third-order valence-electron chi connectivity index (χ3n) is 3.68. The van der Waals surface area contributed by atoms with Crippen molar-refractivity contribution in [3.63, 3.8) is 0 Å². The van der Waals surface area contributed by atoms with Gasteiger partial charge >= 0.3 is 0 Å². The van der Waals surface area contributed by atoms with Gasteiger partial charge in [-0.1, -0.05) is 30.7 Å². The molecule has 2 rings (SSSR count). The predicted octanol–water partition coefficient (Wildman–Crippen LogP) is 2.23. The van der Waals surface area contributed by atoms with Crippen molar-refractivity contribution in [1.29, 1.82) is 0 Å². The van der Waals surface area contributed by atoms with Crippen molar-refractivity contribution in [2.45, 2.75) is 39.3 Å². The largest absolute Gasteiger partial charge is 0.323 e. The van der Waals surface area contributed by atoms with Crippen LogP contribution in [0.3, 0.4) is 0 Å². The molecule has 0 unspecified atom stereocenters. The number of aryl methyl sites for hydroxylation is 2. The Morgan fingerprint density at radius 3 is 2.62 bits per heavy atom. The molecule has 1 heterocycles. The lowest BCUT2D eigenvalue weighted by Gasteiger charge is -2.47. The lowest BCUT2D eigenvalue weighted by Crippen LogP contribution is -2.66. The molecule has 0 radical (unpaired) electrons. The minimum absolute atomic E-state index is 0.0811. The summed E-state index contributed by atoms with van der Waals surface area (Å²) in [6.07, 6.45) is 1.08. The molecular formula is C14H22N2. The fourth-order valence-corrected chi connectivity index (χ4v) is 2.39. The molecule has 1 aromatic rings.